The van der Waals surface area contributed by atoms with Crippen LogP contribution in [0, 0.1) is 5.82 Å². The van der Waals surface area contributed by atoms with Crippen LogP contribution in [0.4, 0.5) is 17.6 Å². The highest BCUT2D eigenvalue weighted by atomic mass is 19.4. The van der Waals surface area contributed by atoms with Crippen LogP contribution < -0.4 is 4.74 Å². The number of aromatic hydroxyl groups is 1. The summed E-state index contributed by atoms with van der Waals surface area (Å²) in [5.74, 6) is -2.14. The zero-order chi connectivity index (χ0) is 19.8. The van der Waals surface area contributed by atoms with E-state index >= 15 is 0 Å². The maximum atomic E-state index is 14.2. The van der Waals surface area contributed by atoms with Gasteiger partial charge in [0.05, 0.1) is 11.6 Å². The van der Waals surface area contributed by atoms with Gasteiger partial charge in [0.1, 0.15) is 23.4 Å². The molecule has 3 rings (SSSR count). The fourth-order valence-corrected chi connectivity index (χ4v) is 3.10. The number of halogens is 4. The molecule has 144 valence electrons. The highest BCUT2D eigenvalue weighted by molar-refractivity contribution is 5.83. The summed E-state index contributed by atoms with van der Waals surface area (Å²) in [6.45, 7) is -0.0827. The molecule has 1 saturated heterocycles. The third-order valence-electron chi connectivity index (χ3n) is 4.26. The number of phenolic OH excluding ortho intramolecular Hbond substituents is 1. The van der Waals surface area contributed by atoms with E-state index in [4.69, 9.17) is 0 Å². The Morgan fingerprint density at radius 1 is 1.15 bits per heavy atom. The van der Waals surface area contributed by atoms with Gasteiger partial charge < -0.3 is 19.8 Å². The summed E-state index contributed by atoms with van der Waals surface area (Å²) in [7, 11) is 0. The third kappa shape index (κ3) is 4.13. The van der Waals surface area contributed by atoms with E-state index < -0.39 is 36.0 Å². The Morgan fingerprint density at radius 2 is 1.81 bits per heavy atom. The molecule has 1 heterocycles. The van der Waals surface area contributed by atoms with E-state index in [1.54, 1.807) is 0 Å². The molecule has 0 unspecified atom stereocenters. The Balaban J connectivity index is 1.84. The number of hydrogen-bond acceptors (Lipinski definition) is 4. The molecule has 0 bridgehead atoms. The molecule has 0 saturated carbocycles. The van der Waals surface area contributed by atoms with E-state index in [1.807, 2.05) is 0 Å². The van der Waals surface area contributed by atoms with Crippen LogP contribution in [0.3, 0.4) is 0 Å². The minimum absolute atomic E-state index is 0.0827. The first kappa shape index (κ1) is 19.0. The van der Waals surface area contributed by atoms with Crippen molar-refractivity contribution in [3.05, 3.63) is 59.4 Å². The summed E-state index contributed by atoms with van der Waals surface area (Å²) in [6.07, 6.45) is -6.28. The fourth-order valence-electron chi connectivity index (χ4n) is 3.10. The molecule has 1 fully saturated rings. The van der Waals surface area contributed by atoms with Gasteiger partial charge in [-0.1, -0.05) is 18.2 Å². The lowest BCUT2D eigenvalue weighted by atomic mass is 10.0. The molecule has 2 aromatic rings. The van der Waals surface area contributed by atoms with Gasteiger partial charge in [-0.05, 0) is 29.8 Å². The number of ether oxygens (including phenoxy) is 1. The smallest absolute Gasteiger partial charge is 0.507 e. The van der Waals surface area contributed by atoms with Crippen molar-refractivity contribution in [2.24, 2.45) is 0 Å². The summed E-state index contributed by atoms with van der Waals surface area (Å²) >= 11 is 0. The van der Waals surface area contributed by atoms with Gasteiger partial charge in [-0.2, -0.15) is 0 Å². The van der Waals surface area contributed by atoms with Crippen molar-refractivity contribution in [3.63, 3.8) is 0 Å². The van der Waals surface area contributed by atoms with Crippen LogP contribution in [0.5, 0.6) is 11.5 Å². The number of aliphatic hydroxyl groups excluding tert-OH is 1. The van der Waals surface area contributed by atoms with Gasteiger partial charge in [-0.3, -0.25) is 4.79 Å². The molecule has 2 N–H and O–H groups in total. The van der Waals surface area contributed by atoms with Gasteiger partial charge in [0.25, 0.3) is 5.91 Å². The van der Waals surface area contributed by atoms with Gasteiger partial charge in [-0.25, -0.2) is 4.39 Å². The van der Waals surface area contributed by atoms with Gasteiger partial charge in [0, 0.05) is 13.0 Å². The quantitative estimate of drug-likeness (QED) is 0.793. The number of hydrogen-bond donors (Lipinski definition) is 2. The predicted molar refractivity (Wildman–Crippen MR) is 85.1 cm³/mol. The standard InChI is InChI=1S/C18H15F4NO4/c19-12-2-1-3-14(24)16(12)13-8-15(25)17(26)23(13)9-10-4-6-11(7-5-10)27-18(20,21)22/h1-7,13,15,24-25H,8-9H2/t13-,15+/m0/s1. The molecule has 0 aromatic heterocycles. The van der Waals surface area contributed by atoms with Gasteiger partial charge in [0.2, 0.25) is 0 Å². The Bertz CT molecular complexity index is 818. The molecule has 9 heteroatoms. The number of alkyl halides is 3. The number of amides is 1. The largest absolute Gasteiger partial charge is 0.573 e. The molecule has 5 nitrogen and oxygen atoms in total. The lowest BCUT2D eigenvalue weighted by Gasteiger charge is -2.26. The minimum Gasteiger partial charge on any atom is -0.507 e. The summed E-state index contributed by atoms with van der Waals surface area (Å²) in [5, 5.41) is 19.9. The van der Waals surface area contributed by atoms with Crippen LogP contribution in [0.15, 0.2) is 42.5 Å². The van der Waals surface area contributed by atoms with Crippen molar-refractivity contribution >= 4 is 5.91 Å². The first-order valence-corrected chi connectivity index (χ1v) is 7.96. The summed E-state index contributed by atoms with van der Waals surface area (Å²) in [4.78, 5) is 13.5. The molecule has 1 amide bonds. The maximum absolute atomic E-state index is 14.2. The van der Waals surface area contributed by atoms with Crippen LogP contribution in [0.1, 0.15) is 23.6 Å². The number of aliphatic hydroxyl groups is 1. The predicted octanol–water partition coefficient (Wildman–Crippen LogP) is 3.26. The Labute approximate surface area is 151 Å². The molecular weight excluding hydrogens is 370 g/mol. The number of carbonyl (C=O) groups excluding carboxylic acids is 1. The zero-order valence-corrected chi connectivity index (χ0v) is 13.8. The van der Waals surface area contributed by atoms with Gasteiger partial charge in [0.15, 0.2) is 0 Å². The van der Waals surface area contributed by atoms with Gasteiger partial charge in [-0.15, -0.1) is 13.2 Å². The Kier molecular flexibility index (Phi) is 4.97. The number of rotatable bonds is 4. The van der Waals surface area contributed by atoms with Crippen molar-refractivity contribution in [1.29, 1.82) is 0 Å². The minimum atomic E-state index is -4.82. The second-order valence-corrected chi connectivity index (χ2v) is 6.10. The lowest BCUT2D eigenvalue weighted by molar-refractivity contribution is -0.274. The van der Waals surface area contributed by atoms with Crippen molar-refractivity contribution in [1.82, 2.24) is 4.90 Å². The van der Waals surface area contributed by atoms with E-state index in [1.165, 1.54) is 29.2 Å². The number of benzene rings is 2. The summed E-state index contributed by atoms with van der Waals surface area (Å²) in [5.41, 5.74) is 0.340. The second kappa shape index (κ2) is 7.07. The third-order valence-corrected chi connectivity index (χ3v) is 4.26. The number of phenols is 1. The summed E-state index contributed by atoms with van der Waals surface area (Å²) in [6, 6.07) is 7.66. The Hall–Kier alpha value is -2.81. The molecule has 2 aromatic carbocycles. The fraction of sp³-hybridized carbons (Fsp3) is 0.278. The number of likely N-dealkylation sites (tertiary alicyclic amines) is 1. The average molecular weight is 385 g/mol. The number of carbonyl (C=O) groups is 1. The molecule has 0 aliphatic carbocycles. The van der Waals surface area contributed by atoms with Crippen LogP contribution in [0.2, 0.25) is 0 Å². The summed E-state index contributed by atoms with van der Waals surface area (Å²) < 4.78 is 54.6. The van der Waals surface area contributed by atoms with Crippen LogP contribution in [-0.4, -0.2) is 33.5 Å². The number of nitrogens with zero attached hydrogens (tertiary/aromatic N) is 1. The topological polar surface area (TPSA) is 70.0 Å². The van der Waals surface area contributed by atoms with Gasteiger partial charge >= 0.3 is 6.36 Å². The SMILES string of the molecule is O=C1[C@H](O)C[C@@H](c2c(O)cccc2F)N1Cc1ccc(OC(F)(F)F)cc1. The monoisotopic (exact) mass is 385 g/mol. The molecule has 1 aliphatic heterocycles. The van der Waals surface area contributed by atoms with E-state index in [2.05, 4.69) is 4.74 Å². The van der Waals surface area contributed by atoms with Crippen LogP contribution in [0.25, 0.3) is 0 Å². The van der Waals surface area contributed by atoms with Crippen molar-refractivity contribution in [2.75, 3.05) is 0 Å². The normalized spacial score (nSPS) is 20.2. The zero-order valence-electron chi connectivity index (χ0n) is 13.8. The first-order chi connectivity index (χ1) is 12.7. The van der Waals surface area contributed by atoms with Crippen molar-refractivity contribution in [2.45, 2.75) is 31.5 Å². The highest BCUT2D eigenvalue weighted by Crippen LogP contribution is 2.39. The molecule has 2 atom stereocenters. The first-order valence-electron chi connectivity index (χ1n) is 7.96. The average Bonchev–Trinajstić information content (AvgIpc) is 2.83. The van der Waals surface area contributed by atoms with E-state index in [9.17, 15) is 32.6 Å². The molecule has 0 spiro atoms. The van der Waals surface area contributed by atoms with E-state index in [-0.39, 0.29) is 24.3 Å². The van der Waals surface area contributed by atoms with Crippen molar-refractivity contribution in [3.8, 4) is 11.5 Å². The highest BCUT2D eigenvalue weighted by Gasteiger charge is 2.41. The van der Waals surface area contributed by atoms with E-state index in [0.717, 1.165) is 18.2 Å². The second-order valence-electron chi connectivity index (χ2n) is 6.10. The van der Waals surface area contributed by atoms with Crippen LogP contribution >= 0.6 is 0 Å². The molecule has 27 heavy (non-hydrogen) atoms. The maximum Gasteiger partial charge on any atom is 0.573 e. The molecule has 0 radical (unpaired) electrons. The van der Waals surface area contributed by atoms with Crippen molar-refractivity contribution < 1.29 is 37.3 Å². The molecule has 1 aliphatic rings. The Morgan fingerprint density at radius 3 is 2.41 bits per heavy atom. The molecular formula is C18H15F4NO4. The van der Waals surface area contributed by atoms with Crippen LogP contribution in [-0.2, 0) is 11.3 Å². The van der Waals surface area contributed by atoms with E-state index in [0.29, 0.717) is 5.56 Å². The lowest BCUT2D eigenvalue weighted by Crippen LogP contribution is -2.30.